The number of hydrogen-bond donors (Lipinski definition) is 4. The first-order valence-electron chi connectivity index (χ1n) is 10.7. The molecule has 180 valence electrons. The molecule has 0 amide bonds. The SMILES string of the molecule is CS(=O)(=O)Nc1cc(C(O)CNCCOc2ccc3c4c(sc3c2)CCCC4)ccc1O.Cl. The maximum atomic E-state index is 11.4. The molecule has 2 aromatic carbocycles. The fourth-order valence-corrected chi connectivity index (χ4v) is 5.86. The molecule has 0 spiro atoms. The van der Waals surface area contributed by atoms with Crippen LogP contribution in [0.2, 0.25) is 0 Å². The summed E-state index contributed by atoms with van der Waals surface area (Å²) in [6, 6.07) is 10.6. The van der Waals surface area contributed by atoms with E-state index >= 15 is 0 Å². The smallest absolute Gasteiger partial charge is 0.229 e. The maximum Gasteiger partial charge on any atom is 0.229 e. The van der Waals surface area contributed by atoms with Crippen LogP contribution in [-0.2, 0) is 22.9 Å². The number of benzene rings is 2. The number of fused-ring (bicyclic) bond motifs is 3. The second kappa shape index (κ2) is 10.9. The zero-order valence-electron chi connectivity index (χ0n) is 18.3. The summed E-state index contributed by atoms with van der Waals surface area (Å²) in [7, 11) is -3.53. The van der Waals surface area contributed by atoms with Gasteiger partial charge in [-0.1, -0.05) is 6.07 Å². The molecular formula is C23H29ClN2O5S2. The van der Waals surface area contributed by atoms with Crippen LogP contribution in [0.4, 0.5) is 5.69 Å². The van der Waals surface area contributed by atoms with Crippen molar-refractivity contribution in [1.29, 1.82) is 0 Å². The van der Waals surface area contributed by atoms with E-state index in [-0.39, 0.29) is 30.4 Å². The van der Waals surface area contributed by atoms with Crippen LogP contribution in [0.5, 0.6) is 11.5 Å². The molecule has 1 heterocycles. The van der Waals surface area contributed by atoms with Gasteiger partial charge in [0, 0.05) is 22.7 Å². The molecule has 4 rings (SSSR count). The second-order valence-electron chi connectivity index (χ2n) is 8.09. The van der Waals surface area contributed by atoms with Gasteiger partial charge in [0.15, 0.2) is 0 Å². The van der Waals surface area contributed by atoms with Crippen molar-refractivity contribution < 1.29 is 23.4 Å². The number of aryl methyl sites for hydroxylation is 2. The van der Waals surface area contributed by atoms with E-state index in [1.807, 2.05) is 17.4 Å². The van der Waals surface area contributed by atoms with Gasteiger partial charge in [-0.05, 0) is 72.5 Å². The van der Waals surface area contributed by atoms with E-state index in [0.29, 0.717) is 18.7 Å². The van der Waals surface area contributed by atoms with Crippen molar-refractivity contribution in [2.45, 2.75) is 31.8 Å². The molecule has 7 nitrogen and oxygen atoms in total. The predicted molar refractivity (Wildman–Crippen MR) is 136 cm³/mol. The summed E-state index contributed by atoms with van der Waals surface area (Å²) >= 11 is 1.88. The Balaban J connectivity index is 0.00000306. The molecule has 3 aromatic rings. The highest BCUT2D eigenvalue weighted by Crippen LogP contribution is 2.38. The minimum Gasteiger partial charge on any atom is -0.506 e. The Morgan fingerprint density at radius 2 is 1.94 bits per heavy atom. The summed E-state index contributed by atoms with van der Waals surface area (Å²) in [5.41, 5.74) is 2.05. The fourth-order valence-electron chi connectivity index (χ4n) is 3.97. The van der Waals surface area contributed by atoms with E-state index in [9.17, 15) is 18.6 Å². The molecule has 1 aliphatic rings. The van der Waals surface area contributed by atoms with Crippen molar-refractivity contribution >= 4 is 49.5 Å². The highest BCUT2D eigenvalue weighted by atomic mass is 35.5. The summed E-state index contributed by atoms with van der Waals surface area (Å²) in [5, 5.41) is 24.7. The number of nitrogens with one attached hydrogen (secondary N) is 2. The van der Waals surface area contributed by atoms with Gasteiger partial charge in [0.1, 0.15) is 18.1 Å². The molecule has 0 saturated carbocycles. The van der Waals surface area contributed by atoms with Crippen molar-refractivity contribution in [2.75, 3.05) is 30.7 Å². The molecule has 1 aromatic heterocycles. The standard InChI is InChI=1S/C23H28N2O5S2.ClH/c1-32(28,29)25-19-12-15(6-9-20(19)26)21(27)14-24-10-11-30-16-7-8-18-17-4-2-3-5-22(17)31-23(18)13-16;/h6-9,12-13,21,24-27H,2-5,10-11,14H2,1H3;1H. The van der Waals surface area contributed by atoms with Crippen LogP contribution in [-0.4, -0.2) is 44.6 Å². The molecule has 1 aliphatic carbocycles. The number of aromatic hydroxyl groups is 1. The Morgan fingerprint density at radius 1 is 1.15 bits per heavy atom. The molecule has 0 saturated heterocycles. The van der Waals surface area contributed by atoms with Gasteiger partial charge < -0.3 is 20.3 Å². The number of phenols is 1. The third-order valence-electron chi connectivity index (χ3n) is 5.51. The number of aliphatic hydroxyl groups excluding tert-OH is 1. The number of anilines is 1. The Bertz CT molecular complexity index is 1210. The predicted octanol–water partition coefficient (Wildman–Crippen LogP) is 3.98. The first-order chi connectivity index (χ1) is 15.3. The van der Waals surface area contributed by atoms with Crippen molar-refractivity contribution in [1.82, 2.24) is 5.32 Å². The molecule has 1 atom stereocenters. The molecule has 0 fully saturated rings. The van der Waals surface area contributed by atoms with Gasteiger partial charge in [-0.15, -0.1) is 23.7 Å². The van der Waals surface area contributed by atoms with Crippen LogP contribution in [0.1, 0.15) is 34.9 Å². The molecule has 4 N–H and O–H groups in total. The highest BCUT2D eigenvalue weighted by molar-refractivity contribution is 7.92. The van der Waals surface area contributed by atoms with Gasteiger partial charge >= 0.3 is 0 Å². The van der Waals surface area contributed by atoms with Crippen LogP contribution in [0.25, 0.3) is 10.1 Å². The number of rotatable bonds is 9. The van der Waals surface area contributed by atoms with E-state index in [1.165, 1.54) is 58.3 Å². The van der Waals surface area contributed by atoms with Crippen molar-refractivity contribution in [3.8, 4) is 11.5 Å². The molecule has 10 heteroatoms. The van der Waals surface area contributed by atoms with Crippen LogP contribution >= 0.6 is 23.7 Å². The summed E-state index contributed by atoms with van der Waals surface area (Å²) in [4.78, 5) is 1.52. The molecule has 0 aliphatic heterocycles. The quantitative estimate of drug-likeness (QED) is 0.255. The molecule has 1 unspecified atom stereocenters. The van der Waals surface area contributed by atoms with Crippen molar-refractivity contribution in [3.05, 3.63) is 52.4 Å². The van der Waals surface area contributed by atoms with Gasteiger partial charge in [-0.3, -0.25) is 4.72 Å². The lowest BCUT2D eigenvalue weighted by molar-refractivity contribution is 0.172. The van der Waals surface area contributed by atoms with Gasteiger partial charge in [-0.25, -0.2) is 8.42 Å². The zero-order chi connectivity index (χ0) is 22.7. The van der Waals surface area contributed by atoms with Gasteiger partial charge in [0.05, 0.1) is 18.0 Å². The van der Waals surface area contributed by atoms with Gasteiger partial charge in [0.25, 0.3) is 0 Å². The minimum absolute atomic E-state index is 0. The van der Waals surface area contributed by atoms with E-state index in [0.717, 1.165) is 12.0 Å². The van der Waals surface area contributed by atoms with E-state index in [1.54, 1.807) is 6.07 Å². The lowest BCUT2D eigenvalue weighted by Crippen LogP contribution is -2.26. The summed E-state index contributed by atoms with van der Waals surface area (Å²) in [6.07, 6.45) is 5.05. The third kappa shape index (κ3) is 6.51. The van der Waals surface area contributed by atoms with Crippen LogP contribution in [0.3, 0.4) is 0 Å². The Kier molecular flexibility index (Phi) is 8.47. The Morgan fingerprint density at radius 3 is 2.73 bits per heavy atom. The first kappa shape index (κ1) is 25.6. The molecule has 0 radical (unpaired) electrons. The van der Waals surface area contributed by atoms with Crippen LogP contribution in [0.15, 0.2) is 36.4 Å². The number of thiophene rings is 1. The zero-order valence-corrected chi connectivity index (χ0v) is 20.8. The monoisotopic (exact) mass is 512 g/mol. The number of ether oxygens (including phenoxy) is 1. The number of phenolic OH excluding ortho intramolecular Hbond substituents is 1. The Hall–Kier alpha value is -2.04. The van der Waals surface area contributed by atoms with Gasteiger partial charge in [0.2, 0.25) is 10.0 Å². The number of aliphatic hydroxyl groups is 1. The summed E-state index contributed by atoms with van der Waals surface area (Å²) in [5.74, 6) is 0.643. The largest absolute Gasteiger partial charge is 0.506 e. The van der Waals surface area contributed by atoms with Gasteiger partial charge in [-0.2, -0.15) is 0 Å². The number of hydrogen-bond acceptors (Lipinski definition) is 7. The van der Waals surface area contributed by atoms with E-state index in [2.05, 4.69) is 22.2 Å². The second-order valence-corrected chi connectivity index (χ2v) is 11.0. The Labute approximate surface area is 204 Å². The van der Waals surface area contributed by atoms with E-state index < -0.39 is 16.1 Å². The number of sulfonamides is 1. The highest BCUT2D eigenvalue weighted by Gasteiger charge is 2.16. The number of halogens is 1. The fraction of sp³-hybridized carbons (Fsp3) is 0.391. The van der Waals surface area contributed by atoms with Crippen LogP contribution in [0, 0.1) is 0 Å². The average molecular weight is 513 g/mol. The lowest BCUT2D eigenvalue weighted by Gasteiger charge is -2.15. The van der Waals surface area contributed by atoms with Crippen molar-refractivity contribution in [3.63, 3.8) is 0 Å². The third-order valence-corrected chi connectivity index (χ3v) is 7.36. The topological polar surface area (TPSA) is 108 Å². The molecule has 0 bridgehead atoms. The van der Waals surface area contributed by atoms with Crippen LogP contribution < -0.4 is 14.8 Å². The lowest BCUT2D eigenvalue weighted by atomic mass is 9.96. The van der Waals surface area contributed by atoms with E-state index in [4.69, 9.17) is 4.74 Å². The summed E-state index contributed by atoms with van der Waals surface area (Å²) in [6.45, 7) is 1.27. The molecule has 33 heavy (non-hydrogen) atoms. The normalized spacial score (nSPS) is 14.4. The minimum atomic E-state index is -3.53. The van der Waals surface area contributed by atoms with Crippen molar-refractivity contribution in [2.24, 2.45) is 0 Å². The first-order valence-corrected chi connectivity index (χ1v) is 13.4. The summed E-state index contributed by atoms with van der Waals surface area (Å²) < 4.78 is 32.2. The average Bonchev–Trinajstić information content (AvgIpc) is 3.11. The maximum absolute atomic E-state index is 11.4. The molecular weight excluding hydrogens is 484 g/mol.